The van der Waals surface area contributed by atoms with Gasteiger partial charge in [-0.1, -0.05) is 117 Å². The van der Waals surface area contributed by atoms with Crippen LogP contribution in [0.3, 0.4) is 0 Å². The third-order valence-corrected chi connectivity index (χ3v) is 6.85. The molecule has 1 aromatic rings. The maximum atomic E-state index is 2.59. The number of hydrogen-bond donors (Lipinski definition) is 0. The molecule has 2 nitrogen and oxygen atoms in total. The summed E-state index contributed by atoms with van der Waals surface area (Å²) in [6.07, 6.45) is 34.0. The van der Waals surface area contributed by atoms with E-state index in [1.54, 1.807) is 5.82 Å². The fourth-order valence-electron chi connectivity index (χ4n) is 4.73. The van der Waals surface area contributed by atoms with Crippen LogP contribution in [0, 0.1) is 0 Å². The van der Waals surface area contributed by atoms with Crippen molar-refractivity contribution in [3.63, 3.8) is 0 Å². The molecule has 0 aliphatic heterocycles. The van der Waals surface area contributed by atoms with Crippen molar-refractivity contribution in [2.75, 3.05) is 0 Å². The molecule has 0 unspecified atom stereocenters. The van der Waals surface area contributed by atoms with Gasteiger partial charge >= 0.3 is 0 Å². The number of nitrogens with zero attached hydrogens (tertiary/aromatic N) is 2. The van der Waals surface area contributed by atoms with Gasteiger partial charge < -0.3 is 0 Å². The minimum Gasteiger partial charge on any atom is -0.234 e. The smallest absolute Gasteiger partial charge is 0.234 e. The first-order chi connectivity index (χ1) is 15.3. The van der Waals surface area contributed by atoms with Crippen molar-refractivity contribution in [3.05, 3.63) is 18.2 Å². The van der Waals surface area contributed by atoms with Crippen molar-refractivity contribution in [3.8, 4) is 0 Å². The van der Waals surface area contributed by atoms with Crippen LogP contribution in [0.5, 0.6) is 0 Å². The summed E-state index contributed by atoms with van der Waals surface area (Å²) in [5.74, 6) is 1.60. The third-order valence-electron chi connectivity index (χ3n) is 6.85. The SMILES string of the molecule is CCCCCCCCCCC[n+]1ccn(CCCCCCCCC)c1CCCCCC. The van der Waals surface area contributed by atoms with Crippen molar-refractivity contribution in [2.24, 2.45) is 0 Å². The Morgan fingerprint density at radius 3 is 1.55 bits per heavy atom. The number of aryl methyl sites for hydroxylation is 2. The molecule has 0 aliphatic rings. The van der Waals surface area contributed by atoms with Gasteiger partial charge in [-0.2, -0.15) is 0 Å². The molecule has 0 N–H and O–H groups in total. The molecule has 0 atom stereocenters. The molecule has 0 aromatic carbocycles. The Hall–Kier alpha value is -0.790. The lowest BCUT2D eigenvalue weighted by molar-refractivity contribution is -0.704. The Bertz CT molecular complexity index is 491. The second-order valence-corrected chi connectivity index (χ2v) is 9.86. The molecule has 0 amide bonds. The van der Waals surface area contributed by atoms with E-state index in [1.165, 1.54) is 148 Å². The van der Waals surface area contributed by atoms with E-state index in [9.17, 15) is 0 Å². The molecule has 182 valence electrons. The monoisotopic (exact) mass is 433 g/mol. The van der Waals surface area contributed by atoms with Gasteiger partial charge in [-0.05, 0) is 32.1 Å². The van der Waals surface area contributed by atoms with Crippen LogP contribution in [-0.4, -0.2) is 4.57 Å². The zero-order chi connectivity index (χ0) is 22.4. The number of imidazole rings is 1. The lowest BCUT2D eigenvalue weighted by atomic mass is 10.1. The molecule has 2 heteroatoms. The number of unbranched alkanes of at least 4 members (excludes halogenated alkanes) is 17. The average Bonchev–Trinajstić information content (AvgIpc) is 3.16. The largest absolute Gasteiger partial charge is 0.256 e. The minimum absolute atomic E-state index is 1.22. The number of rotatable bonds is 23. The predicted molar refractivity (Wildman–Crippen MR) is 138 cm³/mol. The van der Waals surface area contributed by atoms with Gasteiger partial charge in [0.15, 0.2) is 0 Å². The number of hydrogen-bond acceptors (Lipinski definition) is 0. The molecule has 1 heterocycles. The van der Waals surface area contributed by atoms with E-state index in [1.807, 2.05) is 0 Å². The predicted octanol–water partition coefficient (Wildman–Crippen LogP) is 9.18. The zero-order valence-electron chi connectivity index (χ0n) is 21.8. The molecule has 0 spiro atoms. The minimum atomic E-state index is 1.22. The van der Waals surface area contributed by atoms with E-state index < -0.39 is 0 Å². The van der Waals surface area contributed by atoms with Crippen molar-refractivity contribution in [1.82, 2.24) is 4.57 Å². The molecule has 0 saturated carbocycles. The summed E-state index contributed by atoms with van der Waals surface area (Å²) >= 11 is 0. The van der Waals surface area contributed by atoms with E-state index >= 15 is 0 Å². The van der Waals surface area contributed by atoms with Gasteiger partial charge in [0, 0.05) is 6.42 Å². The summed E-state index contributed by atoms with van der Waals surface area (Å²) in [5.41, 5.74) is 0. The third kappa shape index (κ3) is 14.8. The Morgan fingerprint density at radius 1 is 0.548 bits per heavy atom. The van der Waals surface area contributed by atoms with Crippen molar-refractivity contribution < 1.29 is 4.57 Å². The average molecular weight is 434 g/mol. The van der Waals surface area contributed by atoms with Gasteiger partial charge in [-0.25, -0.2) is 9.13 Å². The van der Waals surface area contributed by atoms with Crippen LogP contribution in [0.1, 0.15) is 155 Å². The van der Waals surface area contributed by atoms with Crippen molar-refractivity contribution >= 4 is 0 Å². The molecule has 31 heavy (non-hydrogen) atoms. The first kappa shape index (κ1) is 28.2. The van der Waals surface area contributed by atoms with E-state index in [2.05, 4.69) is 42.3 Å². The molecule has 0 aliphatic carbocycles. The molecule has 0 bridgehead atoms. The van der Waals surface area contributed by atoms with Crippen LogP contribution in [0.2, 0.25) is 0 Å². The summed E-state index contributed by atoms with van der Waals surface area (Å²) in [4.78, 5) is 0. The van der Waals surface area contributed by atoms with E-state index in [-0.39, 0.29) is 0 Å². The topological polar surface area (TPSA) is 8.81 Å². The maximum Gasteiger partial charge on any atom is 0.256 e. The zero-order valence-corrected chi connectivity index (χ0v) is 21.8. The van der Waals surface area contributed by atoms with E-state index in [0.717, 1.165) is 0 Å². The first-order valence-corrected chi connectivity index (χ1v) is 14.4. The highest BCUT2D eigenvalue weighted by Crippen LogP contribution is 2.12. The first-order valence-electron chi connectivity index (χ1n) is 14.4. The van der Waals surface area contributed by atoms with Crippen molar-refractivity contribution in [1.29, 1.82) is 0 Å². The second-order valence-electron chi connectivity index (χ2n) is 9.86. The van der Waals surface area contributed by atoms with Crippen LogP contribution in [0.25, 0.3) is 0 Å². The van der Waals surface area contributed by atoms with Crippen molar-refractivity contribution in [2.45, 2.75) is 169 Å². The summed E-state index contributed by atoms with van der Waals surface area (Å²) in [6.45, 7) is 9.37. The quantitative estimate of drug-likeness (QED) is 0.120. The lowest BCUT2D eigenvalue weighted by Gasteiger charge is -2.07. The van der Waals surface area contributed by atoms with Gasteiger partial charge in [0.2, 0.25) is 0 Å². The fourth-order valence-corrected chi connectivity index (χ4v) is 4.73. The van der Waals surface area contributed by atoms with Gasteiger partial charge in [-0.3, -0.25) is 0 Å². The summed E-state index contributed by atoms with van der Waals surface area (Å²) in [6, 6.07) is 0. The van der Waals surface area contributed by atoms with Gasteiger partial charge in [0.05, 0.1) is 13.1 Å². The second kappa shape index (κ2) is 21.1. The highest BCUT2D eigenvalue weighted by molar-refractivity contribution is 4.84. The normalized spacial score (nSPS) is 11.5. The molecule has 0 saturated heterocycles. The highest BCUT2D eigenvalue weighted by Gasteiger charge is 2.16. The molecular weight excluding hydrogens is 376 g/mol. The number of aromatic nitrogens is 2. The molecule has 0 radical (unpaired) electrons. The highest BCUT2D eigenvalue weighted by atomic mass is 15.1. The summed E-state index contributed by atoms with van der Waals surface area (Å²) in [5, 5.41) is 0. The van der Waals surface area contributed by atoms with Gasteiger partial charge in [-0.15, -0.1) is 0 Å². The summed E-state index contributed by atoms with van der Waals surface area (Å²) in [7, 11) is 0. The Kier molecular flexibility index (Phi) is 19.2. The van der Waals surface area contributed by atoms with Crippen LogP contribution in [0.4, 0.5) is 0 Å². The Labute approximate surface area is 196 Å². The van der Waals surface area contributed by atoms with Crippen LogP contribution in [-0.2, 0) is 19.5 Å². The molecule has 1 aromatic heterocycles. The lowest BCUT2D eigenvalue weighted by Crippen LogP contribution is -2.37. The van der Waals surface area contributed by atoms with Gasteiger partial charge in [0.25, 0.3) is 5.82 Å². The Balaban J connectivity index is 2.34. The molecular formula is C29H57N2+. The Morgan fingerprint density at radius 2 is 1.00 bits per heavy atom. The van der Waals surface area contributed by atoms with E-state index in [4.69, 9.17) is 0 Å². The van der Waals surface area contributed by atoms with Crippen LogP contribution in [0.15, 0.2) is 12.4 Å². The van der Waals surface area contributed by atoms with Gasteiger partial charge in [0.1, 0.15) is 12.4 Å². The fraction of sp³-hybridized carbons (Fsp3) is 0.897. The maximum absolute atomic E-state index is 2.59. The standard InChI is InChI=1S/C29H57N2/c1-4-7-10-13-15-16-18-20-23-26-31-28-27-30(29(31)24-21-12-9-6-3)25-22-19-17-14-11-8-5-2/h27-28H,4-26H2,1-3H3/q+1. The summed E-state index contributed by atoms with van der Waals surface area (Å²) < 4.78 is 5.18. The van der Waals surface area contributed by atoms with Crippen LogP contribution < -0.4 is 4.57 Å². The molecule has 1 rings (SSSR count). The van der Waals surface area contributed by atoms with Crippen LogP contribution >= 0.6 is 0 Å². The van der Waals surface area contributed by atoms with E-state index in [0.29, 0.717) is 0 Å². The molecule has 0 fully saturated rings.